The van der Waals surface area contributed by atoms with Gasteiger partial charge in [0.25, 0.3) is 5.91 Å². The van der Waals surface area contributed by atoms with Crippen LogP contribution in [0.2, 0.25) is 0 Å². The molecule has 3 aromatic carbocycles. The number of carboxylic acids is 1. The number of benzene rings is 3. The highest BCUT2D eigenvalue weighted by Gasteiger charge is 2.25. The van der Waals surface area contributed by atoms with Gasteiger partial charge >= 0.3 is 5.97 Å². The zero-order chi connectivity index (χ0) is 25.4. The molecule has 0 aliphatic carbocycles. The van der Waals surface area contributed by atoms with Crippen molar-refractivity contribution in [3.8, 4) is 10.6 Å². The number of aromatic nitrogens is 2. The quantitative estimate of drug-likeness (QED) is 0.298. The average Bonchev–Trinajstić information content (AvgIpc) is 3.50. The molecule has 36 heavy (non-hydrogen) atoms. The van der Waals surface area contributed by atoms with Crippen molar-refractivity contribution in [2.45, 2.75) is 5.92 Å². The molecule has 0 saturated heterocycles. The third-order valence-electron chi connectivity index (χ3n) is 5.41. The minimum Gasteiger partial charge on any atom is -0.481 e. The monoisotopic (exact) mass is 509 g/mol. The Labute approximate surface area is 204 Å². The van der Waals surface area contributed by atoms with Crippen LogP contribution >= 0.6 is 11.3 Å². The van der Waals surface area contributed by atoms with Gasteiger partial charge in [-0.25, -0.2) is 23.1 Å². The average molecular weight is 509 g/mol. The van der Waals surface area contributed by atoms with Crippen LogP contribution in [0.25, 0.3) is 21.7 Å². The molecule has 0 aliphatic heterocycles. The summed E-state index contributed by atoms with van der Waals surface area (Å²) in [7, 11) is 0. The van der Waals surface area contributed by atoms with Crippen molar-refractivity contribution in [2.24, 2.45) is 0 Å². The summed E-state index contributed by atoms with van der Waals surface area (Å²) >= 11 is 0.969. The fourth-order valence-corrected chi connectivity index (χ4v) is 4.52. The Morgan fingerprint density at radius 2 is 1.75 bits per heavy atom. The van der Waals surface area contributed by atoms with Gasteiger partial charge in [-0.2, -0.15) is 0 Å². The number of rotatable bonds is 6. The predicted octanol–water partition coefficient (Wildman–Crippen LogP) is 5.84. The molecule has 0 spiro atoms. The lowest BCUT2D eigenvalue weighted by Crippen LogP contribution is -2.16. The summed E-state index contributed by atoms with van der Waals surface area (Å²) in [5.74, 6) is -5.55. The van der Waals surface area contributed by atoms with Gasteiger partial charge in [0.2, 0.25) is 0 Å². The van der Waals surface area contributed by atoms with Gasteiger partial charge in [0.1, 0.15) is 39.6 Å². The molecule has 2 N–H and O–H groups in total. The van der Waals surface area contributed by atoms with E-state index < -0.39 is 35.2 Å². The largest absolute Gasteiger partial charge is 0.481 e. The Morgan fingerprint density at radius 3 is 2.50 bits per heavy atom. The first kappa shape index (κ1) is 23.2. The first-order valence-corrected chi connectivity index (χ1v) is 11.3. The van der Waals surface area contributed by atoms with E-state index in [1.54, 1.807) is 18.2 Å². The Balaban J connectivity index is 1.37. The minimum atomic E-state index is -1.20. The maximum Gasteiger partial charge on any atom is 0.315 e. The van der Waals surface area contributed by atoms with E-state index in [1.807, 2.05) is 0 Å². The molecule has 0 aliphatic rings. The number of thiazole rings is 1. The smallest absolute Gasteiger partial charge is 0.315 e. The highest BCUT2D eigenvalue weighted by atomic mass is 32.1. The minimum absolute atomic E-state index is 0.0273. The Hall–Kier alpha value is -4.51. The number of carbonyl (C=O) groups excluding carboxylic acids is 1. The number of aliphatic carboxylic acids is 1. The molecule has 7 nitrogen and oxygen atoms in total. The third-order valence-corrected chi connectivity index (χ3v) is 6.28. The molecule has 1 atom stereocenters. The van der Waals surface area contributed by atoms with Gasteiger partial charge in [0, 0.05) is 17.0 Å². The number of nitrogens with zero attached hydrogens (tertiary/aromatic N) is 2. The summed E-state index contributed by atoms with van der Waals surface area (Å²) in [5.41, 5.74) is 1.23. The van der Waals surface area contributed by atoms with Gasteiger partial charge in [0.05, 0.1) is 5.69 Å². The number of halogens is 3. The molecule has 0 bridgehead atoms. The number of anilines is 1. The number of hydrogen-bond acceptors (Lipinski definition) is 6. The van der Waals surface area contributed by atoms with E-state index in [4.69, 9.17) is 4.42 Å². The molecule has 11 heteroatoms. The maximum absolute atomic E-state index is 14.9. The first-order valence-electron chi connectivity index (χ1n) is 10.4. The summed E-state index contributed by atoms with van der Waals surface area (Å²) in [6.45, 7) is 0. The van der Waals surface area contributed by atoms with Gasteiger partial charge in [-0.05, 0) is 47.5 Å². The van der Waals surface area contributed by atoms with Crippen molar-refractivity contribution in [3.63, 3.8) is 0 Å². The van der Waals surface area contributed by atoms with Crippen LogP contribution in [0.4, 0.5) is 18.9 Å². The summed E-state index contributed by atoms with van der Waals surface area (Å²) in [4.78, 5) is 32.7. The standard InChI is InChI=1S/C25H14F3N3O4S/c26-14-3-4-15(16(27)9-14)24-31-20(10-36-24)23(32)30-18-5-1-12(7-17(18)28)22(25(33)34)13-2-6-21-19(8-13)29-11-35-21/h1-11,22H,(H,30,32)(H,33,34). The zero-order valence-corrected chi connectivity index (χ0v) is 18.9. The molecular formula is C25H14F3N3O4S. The van der Waals surface area contributed by atoms with Gasteiger partial charge in [-0.15, -0.1) is 11.3 Å². The van der Waals surface area contributed by atoms with Crippen molar-refractivity contribution in [2.75, 3.05) is 5.32 Å². The SMILES string of the molecule is O=C(Nc1ccc(C(C(=O)O)c2ccc3ocnc3c2)cc1F)c1csc(-c2ccc(F)cc2F)n1. The summed E-state index contributed by atoms with van der Waals surface area (Å²) in [5, 5.41) is 13.7. The molecule has 0 radical (unpaired) electrons. The van der Waals surface area contributed by atoms with Gasteiger partial charge in [0.15, 0.2) is 12.0 Å². The van der Waals surface area contributed by atoms with Crippen molar-refractivity contribution in [1.82, 2.24) is 9.97 Å². The van der Waals surface area contributed by atoms with Crippen LogP contribution in [0, 0.1) is 17.5 Å². The highest BCUT2D eigenvalue weighted by molar-refractivity contribution is 7.13. The molecule has 5 rings (SSSR count). The summed E-state index contributed by atoms with van der Waals surface area (Å²) in [6.07, 6.45) is 1.24. The Morgan fingerprint density at radius 1 is 0.972 bits per heavy atom. The molecular weight excluding hydrogens is 495 g/mol. The first-order chi connectivity index (χ1) is 17.3. The normalized spacial score (nSPS) is 12.0. The summed E-state index contributed by atoms with van der Waals surface area (Å²) < 4.78 is 47.2. The number of hydrogen-bond donors (Lipinski definition) is 2. The van der Waals surface area contributed by atoms with Gasteiger partial charge < -0.3 is 14.8 Å². The molecule has 0 saturated carbocycles. The number of carboxylic acid groups (broad SMARTS) is 1. The third kappa shape index (κ3) is 4.43. The van der Waals surface area contributed by atoms with Crippen LogP contribution < -0.4 is 5.32 Å². The number of nitrogens with one attached hydrogen (secondary N) is 1. The molecule has 1 unspecified atom stereocenters. The fourth-order valence-electron chi connectivity index (χ4n) is 3.70. The van der Waals surface area contributed by atoms with Crippen LogP contribution in [-0.2, 0) is 4.79 Å². The second-order valence-electron chi connectivity index (χ2n) is 7.71. The molecule has 2 heterocycles. The highest BCUT2D eigenvalue weighted by Crippen LogP contribution is 2.31. The van der Waals surface area contributed by atoms with Gasteiger partial charge in [-0.3, -0.25) is 9.59 Å². The van der Waals surface area contributed by atoms with Crippen molar-refractivity contribution in [3.05, 3.63) is 101 Å². The topological polar surface area (TPSA) is 105 Å². The summed E-state index contributed by atoms with van der Waals surface area (Å²) in [6, 6.07) is 11.4. The van der Waals surface area contributed by atoms with E-state index in [-0.39, 0.29) is 27.5 Å². The Kier molecular flexibility index (Phi) is 5.98. The number of amides is 1. The van der Waals surface area contributed by atoms with Crippen LogP contribution in [0.15, 0.2) is 70.8 Å². The van der Waals surface area contributed by atoms with E-state index in [0.717, 1.165) is 23.5 Å². The van der Waals surface area contributed by atoms with Crippen LogP contribution in [-0.4, -0.2) is 27.0 Å². The van der Waals surface area contributed by atoms with E-state index >= 15 is 0 Å². The Bertz CT molecular complexity index is 1630. The molecule has 180 valence electrons. The number of fused-ring (bicyclic) bond motifs is 1. The van der Waals surface area contributed by atoms with E-state index in [1.165, 1.54) is 30.0 Å². The van der Waals surface area contributed by atoms with Crippen molar-refractivity contribution >= 4 is 40.0 Å². The van der Waals surface area contributed by atoms with Crippen molar-refractivity contribution in [1.29, 1.82) is 0 Å². The van der Waals surface area contributed by atoms with Crippen molar-refractivity contribution < 1.29 is 32.3 Å². The molecule has 0 fully saturated rings. The van der Waals surface area contributed by atoms with E-state index in [9.17, 15) is 27.9 Å². The lowest BCUT2D eigenvalue weighted by Gasteiger charge is -2.15. The van der Waals surface area contributed by atoms with Crippen LogP contribution in [0.3, 0.4) is 0 Å². The second-order valence-corrected chi connectivity index (χ2v) is 8.56. The van der Waals surface area contributed by atoms with Crippen LogP contribution in [0.5, 0.6) is 0 Å². The lowest BCUT2D eigenvalue weighted by atomic mass is 9.91. The van der Waals surface area contributed by atoms with Gasteiger partial charge in [-0.1, -0.05) is 12.1 Å². The number of carbonyl (C=O) groups is 2. The fraction of sp³-hybridized carbons (Fsp3) is 0.0400. The predicted molar refractivity (Wildman–Crippen MR) is 125 cm³/mol. The molecule has 5 aromatic rings. The molecule has 1 amide bonds. The second kappa shape index (κ2) is 9.27. The van der Waals surface area contributed by atoms with E-state index in [0.29, 0.717) is 22.7 Å². The lowest BCUT2D eigenvalue weighted by molar-refractivity contribution is -0.137. The zero-order valence-electron chi connectivity index (χ0n) is 18.0. The van der Waals surface area contributed by atoms with E-state index in [2.05, 4.69) is 15.3 Å². The van der Waals surface area contributed by atoms with Crippen LogP contribution in [0.1, 0.15) is 27.5 Å². The number of oxazole rings is 1. The molecule has 2 aromatic heterocycles. The maximum atomic E-state index is 14.9.